The molecule has 64 valence electrons. The van der Waals surface area contributed by atoms with E-state index in [0.717, 1.165) is 6.42 Å². The van der Waals surface area contributed by atoms with E-state index in [1.165, 1.54) is 11.8 Å². The van der Waals surface area contributed by atoms with Gasteiger partial charge in [-0.15, -0.1) is 11.8 Å². The summed E-state index contributed by atoms with van der Waals surface area (Å²) in [6.45, 7) is 1.96. The molecule has 5 heteroatoms. The van der Waals surface area contributed by atoms with Gasteiger partial charge in [0, 0.05) is 5.75 Å². The number of hydrogen-bond donors (Lipinski definition) is 1. The summed E-state index contributed by atoms with van der Waals surface area (Å²) in [5.41, 5.74) is 5.36. The Hall–Kier alpha value is -0.260. The highest BCUT2D eigenvalue weighted by molar-refractivity contribution is 7.99. The lowest BCUT2D eigenvalue weighted by Gasteiger charge is -2.06. The van der Waals surface area contributed by atoms with Crippen LogP contribution in [0.3, 0.4) is 0 Å². The van der Waals surface area contributed by atoms with E-state index < -0.39 is 12.0 Å². The Kier molecular flexibility index (Phi) is 3.16. The van der Waals surface area contributed by atoms with Crippen molar-refractivity contribution in [2.45, 2.75) is 24.8 Å². The highest BCUT2D eigenvalue weighted by Gasteiger charge is 2.24. The third-order valence-electron chi connectivity index (χ3n) is 1.34. The van der Waals surface area contributed by atoms with E-state index in [4.69, 9.17) is 10.6 Å². The van der Waals surface area contributed by atoms with E-state index in [9.17, 15) is 4.79 Å². The second-order valence-electron chi connectivity index (χ2n) is 2.28. The van der Waals surface area contributed by atoms with Gasteiger partial charge < -0.3 is 5.73 Å². The SMILES string of the molecule is CCC1OOC(=O)[C@@H](N)CS1. The minimum atomic E-state index is -0.545. The first kappa shape index (κ1) is 8.83. The number of thioether (sulfide) groups is 1. The van der Waals surface area contributed by atoms with Gasteiger partial charge in [0.25, 0.3) is 0 Å². The van der Waals surface area contributed by atoms with Crippen LogP contribution in [-0.2, 0) is 14.6 Å². The molecule has 0 aliphatic carbocycles. The topological polar surface area (TPSA) is 61.5 Å². The van der Waals surface area contributed by atoms with Crippen molar-refractivity contribution >= 4 is 17.7 Å². The zero-order valence-electron chi connectivity index (χ0n) is 6.28. The van der Waals surface area contributed by atoms with Gasteiger partial charge in [0.05, 0.1) is 0 Å². The fourth-order valence-electron chi connectivity index (χ4n) is 0.656. The zero-order valence-corrected chi connectivity index (χ0v) is 7.10. The van der Waals surface area contributed by atoms with E-state index in [1.54, 1.807) is 0 Å². The first-order valence-electron chi connectivity index (χ1n) is 3.48. The summed E-state index contributed by atoms with van der Waals surface area (Å²) in [5.74, 6) is 0.0885. The molecule has 0 radical (unpaired) electrons. The average Bonchev–Trinajstić information content (AvgIpc) is 2.16. The van der Waals surface area contributed by atoms with Crippen LogP contribution in [0.2, 0.25) is 0 Å². The number of rotatable bonds is 1. The van der Waals surface area contributed by atoms with Crippen molar-refractivity contribution in [1.82, 2.24) is 0 Å². The summed E-state index contributed by atoms with van der Waals surface area (Å²) < 4.78 is 0. The fraction of sp³-hybridized carbons (Fsp3) is 0.833. The molecule has 1 fully saturated rings. The van der Waals surface area contributed by atoms with Crippen molar-refractivity contribution in [1.29, 1.82) is 0 Å². The first-order valence-corrected chi connectivity index (χ1v) is 4.53. The predicted molar refractivity (Wildman–Crippen MR) is 41.7 cm³/mol. The van der Waals surface area contributed by atoms with Gasteiger partial charge in [0.2, 0.25) is 0 Å². The summed E-state index contributed by atoms with van der Waals surface area (Å²) in [7, 11) is 0. The second-order valence-corrected chi connectivity index (χ2v) is 3.47. The summed E-state index contributed by atoms with van der Waals surface area (Å²) in [4.78, 5) is 20.0. The molecule has 1 heterocycles. The molecule has 1 aliphatic rings. The van der Waals surface area contributed by atoms with Crippen LogP contribution in [0, 0.1) is 0 Å². The lowest BCUT2D eigenvalue weighted by Crippen LogP contribution is -2.32. The minimum absolute atomic E-state index is 0.0625. The molecule has 2 N–H and O–H groups in total. The Morgan fingerprint density at radius 3 is 3.18 bits per heavy atom. The molecule has 0 saturated carbocycles. The number of hydrogen-bond acceptors (Lipinski definition) is 5. The molecule has 11 heavy (non-hydrogen) atoms. The molecule has 1 unspecified atom stereocenters. The van der Waals surface area contributed by atoms with Gasteiger partial charge in [-0.25, -0.2) is 4.79 Å². The highest BCUT2D eigenvalue weighted by Crippen LogP contribution is 2.20. The molecule has 0 aromatic carbocycles. The van der Waals surface area contributed by atoms with E-state index in [0.29, 0.717) is 5.75 Å². The van der Waals surface area contributed by atoms with Crippen molar-refractivity contribution < 1.29 is 14.6 Å². The molecule has 1 saturated heterocycles. The third-order valence-corrected chi connectivity index (χ3v) is 2.67. The van der Waals surface area contributed by atoms with Gasteiger partial charge in [-0.3, -0.25) is 4.89 Å². The van der Waals surface area contributed by atoms with Crippen LogP contribution in [0.5, 0.6) is 0 Å². The molecule has 0 bridgehead atoms. The van der Waals surface area contributed by atoms with Gasteiger partial charge in [0.15, 0.2) is 0 Å². The Bertz CT molecular complexity index is 153. The standard InChI is InChI=1S/C6H11NO3S/c1-2-5-9-10-6(8)4(7)3-11-5/h4-5H,2-3,7H2,1H3/t4-,5?/m0/s1. The zero-order chi connectivity index (χ0) is 8.27. The first-order chi connectivity index (χ1) is 5.24. The van der Waals surface area contributed by atoms with Crippen LogP contribution in [0.4, 0.5) is 0 Å². The lowest BCUT2D eigenvalue weighted by molar-refractivity contribution is -0.279. The predicted octanol–water partition coefficient (Wildman–Crippen LogP) is 0.271. The maximum absolute atomic E-state index is 10.8. The van der Waals surface area contributed by atoms with Gasteiger partial charge in [-0.2, -0.15) is 4.89 Å². The molecule has 2 atom stereocenters. The van der Waals surface area contributed by atoms with Gasteiger partial charge in [0.1, 0.15) is 11.5 Å². The van der Waals surface area contributed by atoms with Gasteiger partial charge in [-0.1, -0.05) is 6.92 Å². The van der Waals surface area contributed by atoms with Crippen LogP contribution in [0.1, 0.15) is 13.3 Å². The number of carbonyl (C=O) groups excluding carboxylic acids is 1. The summed E-state index contributed by atoms with van der Waals surface area (Å²) >= 11 is 1.50. The summed E-state index contributed by atoms with van der Waals surface area (Å²) in [5, 5.41) is 0. The quantitative estimate of drug-likeness (QED) is 0.582. The maximum atomic E-state index is 10.8. The fourth-order valence-corrected chi connectivity index (χ4v) is 1.54. The molecule has 1 aliphatic heterocycles. The molecule has 1 rings (SSSR count). The van der Waals surface area contributed by atoms with Crippen LogP contribution in [0.15, 0.2) is 0 Å². The molecule has 0 aromatic heterocycles. The lowest BCUT2D eigenvalue weighted by atomic mass is 10.4. The van der Waals surface area contributed by atoms with E-state index >= 15 is 0 Å². The normalized spacial score (nSPS) is 32.7. The van der Waals surface area contributed by atoms with Crippen molar-refractivity contribution in [3.05, 3.63) is 0 Å². The van der Waals surface area contributed by atoms with E-state index in [-0.39, 0.29) is 5.44 Å². The maximum Gasteiger partial charge on any atom is 0.359 e. The monoisotopic (exact) mass is 177 g/mol. The molecule has 0 spiro atoms. The summed E-state index contributed by atoms with van der Waals surface area (Å²) in [6, 6.07) is -0.545. The number of carbonyl (C=O) groups is 1. The van der Waals surface area contributed by atoms with Gasteiger partial charge in [-0.05, 0) is 6.42 Å². The van der Waals surface area contributed by atoms with E-state index in [1.807, 2.05) is 6.92 Å². The molecule has 0 aromatic rings. The van der Waals surface area contributed by atoms with Crippen molar-refractivity contribution in [2.24, 2.45) is 5.73 Å². The van der Waals surface area contributed by atoms with Crippen molar-refractivity contribution in [2.75, 3.05) is 5.75 Å². The molecular weight excluding hydrogens is 166 g/mol. The molecule has 4 nitrogen and oxygen atoms in total. The van der Waals surface area contributed by atoms with E-state index in [2.05, 4.69) is 4.89 Å². The average molecular weight is 177 g/mol. The molecular formula is C6H11NO3S. The summed E-state index contributed by atoms with van der Waals surface area (Å²) in [6.07, 6.45) is 0.810. The third kappa shape index (κ3) is 2.36. The Balaban J connectivity index is 2.44. The Labute approximate surface area is 69.3 Å². The van der Waals surface area contributed by atoms with Gasteiger partial charge >= 0.3 is 5.97 Å². The Morgan fingerprint density at radius 2 is 2.55 bits per heavy atom. The van der Waals surface area contributed by atoms with Crippen LogP contribution < -0.4 is 5.73 Å². The van der Waals surface area contributed by atoms with Crippen LogP contribution in [-0.4, -0.2) is 23.2 Å². The molecule has 0 amide bonds. The second kappa shape index (κ2) is 3.94. The van der Waals surface area contributed by atoms with Crippen molar-refractivity contribution in [3.8, 4) is 0 Å². The Morgan fingerprint density at radius 1 is 1.82 bits per heavy atom. The number of nitrogens with two attached hydrogens (primary N) is 1. The smallest absolute Gasteiger partial charge is 0.318 e. The van der Waals surface area contributed by atoms with Crippen LogP contribution >= 0.6 is 11.8 Å². The van der Waals surface area contributed by atoms with Crippen molar-refractivity contribution in [3.63, 3.8) is 0 Å². The largest absolute Gasteiger partial charge is 0.359 e. The minimum Gasteiger partial charge on any atom is -0.318 e. The highest BCUT2D eigenvalue weighted by atomic mass is 32.2. The van der Waals surface area contributed by atoms with Crippen LogP contribution in [0.25, 0.3) is 0 Å².